The highest BCUT2D eigenvalue weighted by Crippen LogP contribution is 2.26. The molecule has 22 heavy (non-hydrogen) atoms. The monoisotopic (exact) mass is 334 g/mol. The van der Waals surface area contributed by atoms with Crippen molar-refractivity contribution in [3.8, 4) is 5.69 Å². The van der Waals surface area contributed by atoms with E-state index >= 15 is 0 Å². The van der Waals surface area contributed by atoms with Gasteiger partial charge in [-0.15, -0.1) is 0 Å². The summed E-state index contributed by atoms with van der Waals surface area (Å²) in [6, 6.07) is 6.74. The lowest BCUT2D eigenvalue weighted by molar-refractivity contribution is 0.794. The molecule has 0 saturated carbocycles. The predicted octanol–water partition coefficient (Wildman–Crippen LogP) is 2.59. The molecule has 3 rings (SSSR count). The first-order chi connectivity index (χ1) is 10.6. The molecule has 0 aliphatic carbocycles. The normalized spacial score (nSPS) is 11.0. The van der Waals surface area contributed by atoms with E-state index in [4.69, 9.17) is 28.9 Å². The Morgan fingerprint density at radius 1 is 1.18 bits per heavy atom. The van der Waals surface area contributed by atoms with Crippen LogP contribution in [-0.2, 0) is 6.42 Å². The Kier molecular flexibility index (Phi) is 4.11. The summed E-state index contributed by atoms with van der Waals surface area (Å²) in [6.45, 7) is 0.358. The molecule has 2 aromatic heterocycles. The molecule has 2 heterocycles. The van der Waals surface area contributed by atoms with Crippen LogP contribution in [-0.4, -0.2) is 21.1 Å². The van der Waals surface area contributed by atoms with Gasteiger partial charge in [0, 0.05) is 12.6 Å². The zero-order valence-electron chi connectivity index (χ0n) is 11.5. The van der Waals surface area contributed by atoms with Crippen molar-refractivity contribution in [3.05, 3.63) is 62.9 Å². The Hall–Kier alpha value is -1.95. The smallest absolute Gasteiger partial charge is 0.267 e. The summed E-state index contributed by atoms with van der Waals surface area (Å²) in [7, 11) is 0. The van der Waals surface area contributed by atoms with Gasteiger partial charge in [0.2, 0.25) is 0 Å². The standard InChI is InChI=1S/C15H12Cl2N4O/c16-10-3-4-11(17)14-13(10)15(22)21(12(20-14)5-6-18)9-2-1-7-19-8-9/h1-4,7-8H,5-6,18H2. The van der Waals surface area contributed by atoms with Crippen LogP contribution in [0.5, 0.6) is 0 Å². The molecule has 5 nitrogen and oxygen atoms in total. The maximum Gasteiger partial charge on any atom is 0.267 e. The molecule has 0 spiro atoms. The number of nitrogens with two attached hydrogens (primary N) is 1. The quantitative estimate of drug-likeness (QED) is 0.798. The molecule has 112 valence electrons. The highest BCUT2D eigenvalue weighted by Gasteiger charge is 2.16. The van der Waals surface area contributed by atoms with Gasteiger partial charge in [-0.1, -0.05) is 23.2 Å². The first-order valence-electron chi connectivity index (χ1n) is 6.63. The SMILES string of the molecule is NCCc1nc2c(Cl)ccc(Cl)c2c(=O)n1-c1cccnc1. The third-order valence-corrected chi connectivity index (χ3v) is 3.89. The molecule has 3 aromatic rings. The molecule has 0 radical (unpaired) electrons. The van der Waals surface area contributed by atoms with E-state index in [2.05, 4.69) is 9.97 Å². The van der Waals surface area contributed by atoms with Crippen LogP contribution in [0.3, 0.4) is 0 Å². The first-order valence-corrected chi connectivity index (χ1v) is 7.39. The molecule has 0 aliphatic rings. The van der Waals surface area contributed by atoms with Crippen molar-refractivity contribution in [1.29, 1.82) is 0 Å². The van der Waals surface area contributed by atoms with Gasteiger partial charge < -0.3 is 5.73 Å². The highest BCUT2D eigenvalue weighted by molar-refractivity contribution is 6.39. The number of hydrogen-bond donors (Lipinski definition) is 1. The van der Waals surface area contributed by atoms with Crippen molar-refractivity contribution < 1.29 is 0 Å². The van der Waals surface area contributed by atoms with Crippen LogP contribution in [0.15, 0.2) is 41.5 Å². The average molecular weight is 335 g/mol. The number of halogens is 2. The second kappa shape index (κ2) is 6.04. The molecule has 0 saturated heterocycles. The van der Waals surface area contributed by atoms with E-state index in [9.17, 15) is 4.79 Å². The number of aromatic nitrogens is 3. The molecule has 0 aliphatic heterocycles. The van der Waals surface area contributed by atoms with E-state index in [-0.39, 0.29) is 5.56 Å². The van der Waals surface area contributed by atoms with E-state index in [1.807, 2.05) is 0 Å². The zero-order valence-corrected chi connectivity index (χ0v) is 13.0. The fourth-order valence-corrected chi connectivity index (χ4v) is 2.74. The molecular weight excluding hydrogens is 323 g/mol. The van der Waals surface area contributed by atoms with E-state index in [0.717, 1.165) is 0 Å². The molecule has 0 unspecified atom stereocenters. The van der Waals surface area contributed by atoms with Gasteiger partial charge in [-0.3, -0.25) is 14.3 Å². The number of nitrogens with zero attached hydrogens (tertiary/aromatic N) is 3. The minimum absolute atomic E-state index is 0.283. The topological polar surface area (TPSA) is 73.8 Å². The van der Waals surface area contributed by atoms with Gasteiger partial charge in [-0.2, -0.15) is 0 Å². The van der Waals surface area contributed by atoms with Crippen molar-refractivity contribution in [3.63, 3.8) is 0 Å². The van der Waals surface area contributed by atoms with Crippen LogP contribution in [0.1, 0.15) is 5.82 Å². The van der Waals surface area contributed by atoms with Crippen molar-refractivity contribution in [2.75, 3.05) is 6.54 Å². The maximum atomic E-state index is 12.9. The van der Waals surface area contributed by atoms with Crippen molar-refractivity contribution in [2.24, 2.45) is 5.73 Å². The Labute approximate surface area is 136 Å². The molecule has 7 heteroatoms. The number of rotatable bonds is 3. The van der Waals surface area contributed by atoms with Crippen LogP contribution in [0.25, 0.3) is 16.6 Å². The van der Waals surface area contributed by atoms with Crippen LogP contribution in [0, 0.1) is 0 Å². The van der Waals surface area contributed by atoms with Crippen LogP contribution in [0.2, 0.25) is 10.0 Å². The Balaban J connectivity index is 2.45. The molecule has 0 fully saturated rings. The lowest BCUT2D eigenvalue weighted by atomic mass is 10.2. The van der Waals surface area contributed by atoms with E-state index < -0.39 is 0 Å². The number of pyridine rings is 1. The van der Waals surface area contributed by atoms with Gasteiger partial charge in [0.1, 0.15) is 5.82 Å². The zero-order chi connectivity index (χ0) is 15.7. The van der Waals surface area contributed by atoms with Gasteiger partial charge in [0.15, 0.2) is 0 Å². The first kappa shape index (κ1) is 15.0. The average Bonchev–Trinajstić information content (AvgIpc) is 2.52. The molecule has 1 aromatic carbocycles. The summed E-state index contributed by atoms with van der Waals surface area (Å²) in [6.07, 6.45) is 3.66. The third kappa shape index (κ3) is 2.47. The minimum atomic E-state index is -0.283. The van der Waals surface area contributed by atoms with Gasteiger partial charge in [0.25, 0.3) is 5.56 Å². The van der Waals surface area contributed by atoms with Crippen molar-refractivity contribution in [2.45, 2.75) is 6.42 Å². The fraction of sp³-hybridized carbons (Fsp3) is 0.133. The Bertz CT molecular complexity index is 893. The maximum absolute atomic E-state index is 12.9. The van der Waals surface area contributed by atoms with Crippen LogP contribution in [0.4, 0.5) is 0 Å². The second-order valence-electron chi connectivity index (χ2n) is 4.67. The summed E-state index contributed by atoms with van der Waals surface area (Å²) >= 11 is 12.3. The molecule has 2 N–H and O–H groups in total. The van der Waals surface area contributed by atoms with Crippen LogP contribution >= 0.6 is 23.2 Å². The highest BCUT2D eigenvalue weighted by atomic mass is 35.5. The lowest BCUT2D eigenvalue weighted by Gasteiger charge is -2.13. The number of benzene rings is 1. The van der Waals surface area contributed by atoms with Gasteiger partial charge in [-0.25, -0.2) is 4.98 Å². The van der Waals surface area contributed by atoms with E-state index in [1.165, 1.54) is 4.57 Å². The number of hydrogen-bond acceptors (Lipinski definition) is 4. The second-order valence-corrected chi connectivity index (χ2v) is 5.49. The third-order valence-electron chi connectivity index (χ3n) is 3.27. The van der Waals surface area contributed by atoms with Gasteiger partial charge in [0.05, 0.1) is 32.8 Å². The van der Waals surface area contributed by atoms with E-state index in [0.29, 0.717) is 45.4 Å². The number of fused-ring (bicyclic) bond motifs is 1. The van der Waals surface area contributed by atoms with Gasteiger partial charge >= 0.3 is 0 Å². The summed E-state index contributed by atoms with van der Waals surface area (Å²) in [5.74, 6) is 0.525. The van der Waals surface area contributed by atoms with Gasteiger partial charge in [-0.05, 0) is 30.8 Å². The molecule has 0 bridgehead atoms. The van der Waals surface area contributed by atoms with Crippen LogP contribution < -0.4 is 11.3 Å². The summed E-state index contributed by atoms with van der Waals surface area (Å²) in [4.78, 5) is 21.5. The summed E-state index contributed by atoms with van der Waals surface area (Å²) in [5, 5.41) is 0.987. The van der Waals surface area contributed by atoms with E-state index in [1.54, 1.807) is 36.7 Å². The van der Waals surface area contributed by atoms with Crippen molar-refractivity contribution in [1.82, 2.24) is 14.5 Å². The summed E-state index contributed by atoms with van der Waals surface area (Å²) < 4.78 is 1.48. The summed E-state index contributed by atoms with van der Waals surface area (Å²) in [5.41, 5.74) is 6.36. The lowest BCUT2D eigenvalue weighted by Crippen LogP contribution is -2.26. The molecular formula is C15H12Cl2N4O. The minimum Gasteiger partial charge on any atom is -0.330 e. The van der Waals surface area contributed by atoms with Crippen molar-refractivity contribution >= 4 is 34.1 Å². The fourth-order valence-electron chi connectivity index (χ4n) is 2.31. The molecule has 0 atom stereocenters. The molecule has 0 amide bonds. The predicted molar refractivity (Wildman–Crippen MR) is 87.9 cm³/mol. The Morgan fingerprint density at radius 2 is 1.95 bits per heavy atom. The Morgan fingerprint density at radius 3 is 2.64 bits per heavy atom. The largest absolute Gasteiger partial charge is 0.330 e.